The molecule has 14 aromatic rings. The molecule has 0 radical (unpaired) electrons. The van der Waals surface area contributed by atoms with Gasteiger partial charge in [-0.1, -0.05) is 224 Å². The highest BCUT2D eigenvalue weighted by molar-refractivity contribution is 6.23. The SMILES string of the molecule is c1ccc(-c2ccc(-c3nc(-c4ccccc4)nc(-c4ccc(-c5ccc(-c6nc7ccc(-c8ccc(-n9c%10ccccc%10c%10ccccc%109)cc8)cc7c7c6ccc6ccccc67)cc5)cc4)n3)cc2)cc1. The Morgan fingerprint density at radius 2 is 0.658 bits per heavy atom. The fourth-order valence-corrected chi connectivity index (χ4v) is 10.6. The third-order valence-electron chi connectivity index (χ3n) is 14.3. The Morgan fingerprint density at radius 3 is 1.23 bits per heavy atom. The van der Waals surface area contributed by atoms with Crippen LogP contribution in [0.5, 0.6) is 0 Å². The minimum absolute atomic E-state index is 0.625. The van der Waals surface area contributed by atoms with Gasteiger partial charge in [-0.05, 0) is 80.6 Å². The van der Waals surface area contributed by atoms with E-state index in [4.69, 9.17) is 19.9 Å². The normalized spacial score (nSPS) is 11.6. The molecule has 0 saturated heterocycles. The first-order chi connectivity index (χ1) is 36.2. The van der Waals surface area contributed by atoms with E-state index in [1.54, 1.807) is 0 Å². The van der Waals surface area contributed by atoms with Crippen LogP contribution in [0.15, 0.2) is 261 Å². The Balaban J connectivity index is 0.790. The van der Waals surface area contributed by atoms with Crippen LogP contribution in [0.4, 0.5) is 0 Å². The Labute approximate surface area is 422 Å². The molecule has 0 spiro atoms. The number of rotatable bonds is 8. The lowest BCUT2D eigenvalue weighted by molar-refractivity contribution is 1.07. The lowest BCUT2D eigenvalue weighted by Gasteiger charge is -2.15. The molecule has 0 bridgehead atoms. The molecule has 73 heavy (non-hydrogen) atoms. The highest BCUT2D eigenvalue weighted by Crippen LogP contribution is 2.40. The van der Waals surface area contributed by atoms with Crippen molar-refractivity contribution in [3.05, 3.63) is 261 Å². The summed E-state index contributed by atoms with van der Waals surface area (Å²) in [7, 11) is 0. The van der Waals surface area contributed by atoms with Gasteiger partial charge in [-0.2, -0.15) is 0 Å². The molecule has 0 atom stereocenters. The second-order valence-electron chi connectivity index (χ2n) is 18.6. The monoisotopic (exact) mass is 929 g/mol. The number of pyridine rings is 1. The molecule has 11 aromatic carbocycles. The van der Waals surface area contributed by atoms with Crippen molar-refractivity contribution < 1.29 is 0 Å². The van der Waals surface area contributed by atoms with Gasteiger partial charge in [-0.3, -0.25) is 0 Å². The number of benzene rings is 11. The molecule has 0 amide bonds. The Bertz CT molecular complexity index is 4320. The zero-order chi connectivity index (χ0) is 48.2. The van der Waals surface area contributed by atoms with E-state index < -0.39 is 0 Å². The molecule has 340 valence electrons. The van der Waals surface area contributed by atoms with Crippen molar-refractivity contribution in [1.29, 1.82) is 0 Å². The second kappa shape index (κ2) is 17.5. The van der Waals surface area contributed by atoms with E-state index in [1.165, 1.54) is 43.5 Å². The Morgan fingerprint density at radius 1 is 0.247 bits per heavy atom. The number of hydrogen-bond donors (Lipinski definition) is 0. The van der Waals surface area contributed by atoms with Crippen molar-refractivity contribution in [1.82, 2.24) is 24.5 Å². The Kier molecular flexibility index (Phi) is 10.1. The third-order valence-corrected chi connectivity index (χ3v) is 14.3. The topological polar surface area (TPSA) is 56.5 Å². The lowest BCUT2D eigenvalue weighted by atomic mass is 9.93. The van der Waals surface area contributed by atoms with Gasteiger partial charge in [0.05, 0.1) is 22.2 Å². The molecule has 3 aromatic heterocycles. The minimum atomic E-state index is 0.625. The molecule has 0 saturated carbocycles. The average Bonchev–Trinajstić information content (AvgIpc) is 3.82. The zero-order valence-electron chi connectivity index (χ0n) is 39.6. The molecule has 14 rings (SSSR count). The molecule has 5 heteroatoms. The van der Waals surface area contributed by atoms with Crippen LogP contribution in [0.3, 0.4) is 0 Å². The summed E-state index contributed by atoms with van der Waals surface area (Å²) in [6.07, 6.45) is 0. The van der Waals surface area contributed by atoms with Crippen molar-refractivity contribution in [3.8, 4) is 84.5 Å². The average molecular weight is 930 g/mol. The van der Waals surface area contributed by atoms with E-state index >= 15 is 0 Å². The van der Waals surface area contributed by atoms with Crippen LogP contribution in [0.25, 0.3) is 139 Å². The summed E-state index contributed by atoms with van der Waals surface area (Å²) in [6, 6.07) is 92.4. The zero-order valence-corrected chi connectivity index (χ0v) is 39.6. The summed E-state index contributed by atoms with van der Waals surface area (Å²) in [5.74, 6) is 1.89. The van der Waals surface area contributed by atoms with Crippen molar-refractivity contribution in [3.63, 3.8) is 0 Å². The van der Waals surface area contributed by atoms with Crippen LogP contribution in [-0.2, 0) is 0 Å². The number of para-hydroxylation sites is 2. The summed E-state index contributed by atoms with van der Waals surface area (Å²) in [6.45, 7) is 0. The van der Waals surface area contributed by atoms with E-state index in [0.29, 0.717) is 17.5 Å². The molecular weight excluding hydrogens is 887 g/mol. The number of hydrogen-bond acceptors (Lipinski definition) is 4. The Hall–Kier alpha value is -9.84. The van der Waals surface area contributed by atoms with Crippen molar-refractivity contribution in [2.45, 2.75) is 0 Å². The number of fused-ring (bicyclic) bond motifs is 8. The summed E-state index contributed by atoms with van der Waals surface area (Å²) in [5, 5.41) is 8.41. The molecular formula is C68H43N5. The van der Waals surface area contributed by atoms with E-state index in [2.05, 4.69) is 229 Å². The largest absolute Gasteiger partial charge is 0.309 e. The molecule has 5 nitrogen and oxygen atoms in total. The van der Waals surface area contributed by atoms with E-state index in [1.807, 2.05) is 36.4 Å². The van der Waals surface area contributed by atoms with E-state index in [9.17, 15) is 0 Å². The molecule has 0 fully saturated rings. The summed E-state index contributed by atoms with van der Waals surface area (Å²) < 4.78 is 2.37. The summed E-state index contributed by atoms with van der Waals surface area (Å²) in [4.78, 5) is 20.4. The van der Waals surface area contributed by atoms with E-state index in [0.717, 1.165) is 77.7 Å². The quantitative estimate of drug-likeness (QED) is 0.142. The minimum Gasteiger partial charge on any atom is -0.309 e. The first-order valence-electron chi connectivity index (χ1n) is 24.7. The fraction of sp³-hybridized carbons (Fsp3) is 0. The summed E-state index contributed by atoms with van der Waals surface area (Å²) >= 11 is 0. The van der Waals surface area contributed by atoms with Crippen molar-refractivity contribution in [2.75, 3.05) is 0 Å². The van der Waals surface area contributed by atoms with Gasteiger partial charge < -0.3 is 4.57 Å². The first kappa shape index (κ1) is 42.1. The smallest absolute Gasteiger partial charge is 0.164 e. The van der Waals surface area contributed by atoms with Crippen LogP contribution in [0.2, 0.25) is 0 Å². The first-order valence-corrected chi connectivity index (χ1v) is 24.7. The molecule has 0 N–H and O–H groups in total. The summed E-state index contributed by atoms with van der Waals surface area (Å²) in [5.41, 5.74) is 16.2. The van der Waals surface area contributed by atoms with Gasteiger partial charge in [-0.25, -0.2) is 19.9 Å². The van der Waals surface area contributed by atoms with Crippen LogP contribution in [-0.4, -0.2) is 24.5 Å². The van der Waals surface area contributed by atoms with Gasteiger partial charge in [0.25, 0.3) is 0 Å². The van der Waals surface area contributed by atoms with Crippen LogP contribution >= 0.6 is 0 Å². The van der Waals surface area contributed by atoms with Gasteiger partial charge >= 0.3 is 0 Å². The maximum atomic E-state index is 5.42. The highest BCUT2D eigenvalue weighted by Gasteiger charge is 2.17. The predicted molar refractivity (Wildman–Crippen MR) is 303 cm³/mol. The van der Waals surface area contributed by atoms with Gasteiger partial charge in [0.2, 0.25) is 0 Å². The standard InChI is InChI=1S/C68H43N5/c1-3-13-44(14-4-1)45-25-31-52(32-26-45)67-70-66(51-16-5-2-6-17-51)71-68(72-67)53-33-27-47(28-34-53)46-23-29-50(30-24-46)65-59-41-37-49-15-7-8-18-56(49)64(59)60-43-54(38-42-61(60)69-65)48-35-39-55(40-36-48)73-62-21-11-9-19-57(62)58-20-10-12-22-63(58)73/h1-43H. The predicted octanol–water partition coefficient (Wildman–Crippen LogP) is 17.5. The van der Waals surface area contributed by atoms with Crippen molar-refractivity contribution >= 4 is 54.3 Å². The van der Waals surface area contributed by atoms with Crippen LogP contribution < -0.4 is 0 Å². The molecule has 3 heterocycles. The number of nitrogens with zero attached hydrogens (tertiary/aromatic N) is 5. The van der Waals surface area contributed by atoms with Gasteiger partial charge in [0.1, 0.15) is 0 Å². The van der Waals surface area contributed by atoms with Crippen LogP contribution in [0.1, 0.15) is 0 Å². The molecule has 0 aliphatic rings. The van der Waals surface area contributed by atoms with Gasteiger partial charge in [0, 0.05) is 54.9 Å². The van der Waals surface area contributed by atoms with Crippen molar-refractivity contribution in [2.24, 2.45) is 0 Å². The second-order valence-corrected chi connectivity index (χ2v) is 18.6. The molecule has 0 unspecified atom stereocenters. The fourth-order valence-electron chi connectivity index (χ4n) is 10.6. The van der Waals surface area contributed by atoms with Gasteiger partial charge in [0.15, 0.2) is 17.5 Å². The lowest BCUT2D eigenvalue weighted by Crippen LogP contribution is -2.00. The highest BCUT2D eigenvalue weighted by atomic mass is 15.0. The van der Waals surface area contributed by atoms with Crippen LogP contribution in [0, 0.1) is 0 Å². The maximum absolute atomic E-state index is 5.42. The van der Waals surface area contributed by atoms with E-state index in [-0.39, 0.29) is 0 Å². The molecule has 0 aliphatic heterocycles. The van der Waals surface area contributed by atoms with Gasteiger partial charge in [-0.15, -0.1) is 0 Å². The third kappa shape index (κ3) is 7.50. The maximum Gasteiger partial charge on any atom is 0.164 e. The number of aromatic nitrogens is 5. The molecule has 0 aliphatic carbocycles.